The number of hydrogen-bond donors (Lipinski definition) is 1. The molecule has 0 saturated carbocycles. The van der Waals surface area contributed by atoms with Crippen molar-refractivity contribution in [3.8, 4) is 11.3 Å². The second-order valence-electron chi connectivity index (χ2n) is 3.00. The highest BCUT2D eigenvalue weighted by Gasteiger charge is 2.35. The van der Waals surface area contributed by atoms with Crippen molar-refractivity contribution in [2.75, 3.05) is 0 Å². The Kier molecular flexibility index (Phi) is 2.59. The summed E-state index contributed by atoms with van der Waals surface area (Å²) in [6, 6.07) is 1.48. The molecule has 0 aliphatic rings. The summed E-state index contributed by atoms with van der Waals surface area (Å²) in [5.41, 5.74) is -0.818. The van der Waals surface area contributed by atoms with Crippen LogP contribution in [0.25, 0.3) is 11.3 Å². The van der Waals surface area contributed by atoms with Crippen LogP contribution in [0.1, 0.15) is 5.56 Å². The molecular formula is C9H5ClF3N3. The maximum absolute atomic E-state index is 12.6. The fourth-order valence-electron chi connectivity index (χ4n) is 1.26. The predicted molar refractivity (Wildman–Crippen MR) is 51.8 cm³/mol. The third-order valence-electron chi connectivity index (χ3n) is 1.94. The normalized spacial score (nSPS) is 11.8. The number of halogens is 4. The van der Waals surface area contributed by atoms with Gasteiger partial charge >= 0.3 is 6.18 Å². The topological polar surface area (TPSA) is 41.6 Å². The molecule has 2 rings (SSSR count). The zero-order chi connectivity index (χ0) is 11.8. The van der Waals surface area contributed by atoms with Crippen molar-refractivity contribution in [2.24, 2.45) is 0 Å². The summed E-state index contributed by atoms with van der Waals surface area (Å²) in [5, 5.41) is -0.218. The minimum Gasteiger partial charge on any atom is -0.367 e. The lowest BCUT2D eigenvalue weighted by Crippen LogP contribution is -2.09. The Morgan fingerprint density at radius 2 is 2.06 bits per heavy atom. The molecule has 0 unspecified atom stereocenters. The molecule has 0 aliphatic carbocycles. The number of alkyl halides is 3. The van der Waals surface area contributed by atoms with Crippen molar-refractivity contribution < 1.29 is 13.2 Å². The number of H-pyrrole nitrogens is 1. The van der Waals surface area contributed by atoms with Gasteiger partial charge in [-0.2, -0.15) is 13.2 Å². The molecule has 7 heteroatoms. The molecule has 0 aliphatic heterocycles. The molecule has 0 atom stereocenters. The van der Waals surface area contributed by atoms with Gasteiger partial charge in [-0.15, -0.1) is 0 Å². The first-order valence-corrected chi connectivity index (χ1v) is 4.59. The smallest absolute Gasteiger partial charge is 0.367 e. The zero-order valence-electron chi connectivity index (χ0n) is 7.72. The van der Waals surface area contributed by atoms with Gasteiger partial charge in [-0.1, -0.05) is 0 Å². The number of rotatable bonds is 1. The Morgan fingerprint density at radius 3 is 2.62 bits per heavy atom. The highest BCUT2D eigenvalue weighted by molar-refractivity contribution is 6.28. The van der Waals surface area contributed by atoms with Crippen LogP contribution in [0.4, 0.5) is 13.2 Å². The van der Waals surface area contributed by atoms with E-state index in [2.05, 4.69) is 15.0 Å². The van der Waals surface area contributed by atoms with Gasteiger partial charge < -0.3 is 4.98 Å². The standard InChI is InChI=1S/C9H5ClF3N3/c10-8-15-4-6(9(11,12)13)7(16-8)5-1-2-14-3-5/h1-4,14H. The largest absolute Gasteiger partial charge is 0.419 e. The van der Waals surface area contributed by atoms with Gasteiger partial charge in [0.15, 0.2) is 0 Å². The van der Waals surface area contributed by atoms with E-state index in [1.165, 1.54) is 18.5 Å². The predicted octanol–water partition coefficient (Wildman–Crippen LogP) is 3.14. The van der Waals surface area contributed by atoms with E-state index in [1.807, 2.05) is 0 Å². The number of hydrogen-bond acceptors (Lipinski definition) is 2. The third-order valence-corrected chi connectivity index (χ3v) is 2.12. The second-order valence-corrected chi connectivity index (χ2v) is 3.34. The molecule has 0 fully saturated rings. The van der Waals surface area contributed by atoms with Gasteiger partial charge in [-0.3, -0.25) is 0 Å². The van der Waals surface area contributed by atoms with Crippen molar-refractivity contribution in [1.29, 1.82) is 0 Å². The van der Waals surface area contributed by atoms with Crippen LogP contribution < -0.4 is 0 Å². The van der Waals surface area contributed by atoms with E-state index in [4.69, 9.17) is 11.6 Å². The van der Waals surface area contributed by atoms with E-state index >= 15 is 0 Å². The lowest BCUT2D eigenvalue weighted by atomic mass is 10.1. The SMILES string of the molecule is FC(F)(F)c1cnc(Cl)nc1-c1cc[nH]c1. The van der Waals surface area contributed by atoms with Gasteiger partial charge in [0.2, 0.25) is 5.28 Å². The van der Waals surface area contributed by atoms with Gasteiger partial charge in [0.1, 0.15) is 5.56 Å². The van der Waals surface area contributed by atoms with Crippen molar-refractivity contribution >= 4 is 11.6 Å². The Morgan fingerprint density at radius 1 is 1.31 bits per heavy atom. The summed E-state index contributed by atoms with van der Waals surface area (Å²) in [6.45, 7) is 0. The van der Waals surface area contributed by atoms with Crippen LogP contribution in [0.2, 0.25) is 5.28 Å². The van der Waals surface area contributed by atoms with Crippen molar-refractivity contribution in [3.63, 3.8) is 0 Å². The molecule has 0 bridgehead atoms. The number of nitrogens with zero attached hydrogens (tertiary/aromatic N) is 2. The summed E-state index contributed by atoms with van der Waals surface area (Å²) in [6.07, 6.45) is -0.908. The first-order valence-electron chi connectivity index (χ1n) is 4.21. The zero-order valence-corrected chi connectivity index (χ0v) is 8.47. The molecule has 0 saturated heterocycles. The summed E-state index contributed by atoms with van der Waals surface area (Å²) >= 11 is 5.48. The molecule has 3 nitrogen and oxygen atoms in total. The fraction of sp³-hybridized carbons (Fsp3) is 0.111. The van der Waals surface area contributed by atoms with Crippen LogP contribution in [0.5, 0.6) is 0 Å². The quantitative estimate of drug-likeness (QED) is 0.787. The van der Waals surface area contributed by atoms with Crippen molar-refractivity contribution in [2.45, 2.75) is 6.18 Å². The van der Waals surface area contributed by atoms with Gasteiger partial charge in [0.25, 0.3) is 0 Å². The monoisotopic (exact) mass is 247 g/mol. The van der Waals surface area contributed by atoms with Gasteiger partial charge in [-0.05, 0) is 17.7 Å². The molecule has 84 valence electrons. The average molecular weight is 248 g/mol. The van der Waals surface area contributed by atoms with Crippen LogP contribution >= 0.6 is 11.6 Å². The van der Waals surface area contributed by atoms with Crippen LogP contribution in [0.3, 0.4) is 0 Å². The summed E-state index contributed by atoms with van der Waals surface area (Å²) in [4.78, 5) is 9.59. The molecule has 2 heterocycles. The number of aromatic amines is 1. The van der Waals surface area contributed by atoms with Gasteiger partial charge in [0.05, 0.1) is 5.69 Å². The minimum absolute atomic E-state index is 0.218. The second kappa shape index (κ2) is 3.79. The molecule has 2 aromatic heterocycles. The fourth-order valence-corrected chi connectivity index (χ4v) is 1.39. The highest BCUT2D eigenvalue weighted by atomic mass is 35.5. The first-order chi connectivity index (χ1) is 7.48. The van der Waals surface area contributed by atoms with Crippen LogP contribution in [0.15, 0.2) is 24.7 Å². The summed E-state index contributed by atoms with van der Waals surface area (Å²) in [7, 11) is 0. The third kappa shape index (κ3) is 2.01. The van der Waals surface area contributed by atoms with Gasteiger partial charge in [0, 0.05) is 24.2 Å². The number of aromatic nitrogens is 3. The van der Waals surface area contributed by atoms with Crippen LogP contribution in [-0.2, 0) is 6.18 Å². The molecule has 1 N–H and O–H groups in total. The minimum atomic E-state index is -4.50. The van der Waals surface area contributed by atoms with Crippen molar-refractivity contribution in [1.82, 2.24) is 15.0 Å². The molecule has 0 aromatic carbocycles. The molecule has 16 heavy (non-hydrogen) atoms. The van der Waals surface area contributed by atoms with Gasteiger partial charge in [-0.25, -0.2) is 9.97 Å². The summed E-state index contributed by atoms with van der Waals surface area (Å²) < 4.78 is 37.9. The lowest BCUT2D eigenvalue weighted by molar-refractivity contribution is -0.137. The van der Waals surface area contributed by atoms with E-state index in [9.17, 15) is 13.2 Å². The first kappa shape index (κ1) is 10.9. The summed E-state index contributed by atoms with van der Waals surface area (Å²) in [5.74, 6) is 0. The number of nitrogens with one attached hydrogen (secondary N) is 1. The molecule has 2 aromatic rings. The van der Waals surface area contributed by atoms with E-state index in [0.717, 1.165) is 0 Å². The Bertz CT molecular complexity index is 493. The van der Waals surface area contributed by atoms with E-state index in [-0.39, 0.29) is 11.0 Å². The average Bonchev–Trinajstić information content (AvgIpc) is 2.68. The van der Waals surface area contributed by atoms with Crippen LogP contribution in [-0.4, -0.2) is 15.0 Å². The van der Waals surface area contributed by atoms with E-state index < -0.39 is 11.7 Å². The van der Waals surface area contributed by atoms with E-state index in [1.54, 1.807) is 0 Å². The molecule has 0 amide bonds. The molecular weight excluding hydrogens is 243 g/mol. The molecule has 0 radical (unpaired) electrons. The Hall–Kier alpha value is -1.56. The highest BCUT2D eigenvalue weighted by Crippen LogP contribution is 2.35. The molecule has 0 spiro atoms. The maximum atomic E-state index is 12.6. The van der Waals surface area contributed by atoms with Crippen LogP contribution in [0, 0.1) is 0 Å². The maximum Gasteiger partial charge on any atom is 0.419 e. The Labute approximate surface area is 93.3 Å². The van der Waals surface area contributed by atoms with Crippen molar-refractivity contribution in [3.05, 3.63) is 35.5 Å². The Balaban J connectivity index is 2.63. The van der Waals surface area contributed by atoms with E-state index in [0.29, 0.717) is 11.8 Å². The lowest BCUT2D eigenvalue weighted by Gasteiger charge is -2.10.